The van der Waals surface area contributed by atoms with E-state index in [1.54, 1.807) is 12.3 Å². The molecule has 0 bridgehead atoms. The summed E-state index contributed by atoms with van der Waals surface area (Å²) in [5, 5.41) is 2.44. The molecule has 2 heterocycles. The Kier molecular flexibility index (Phi) is 5.07. The van der Waals surface area contributed by atoms with Gasteiger partial charge < -0.3 is 5.32 Å². The van der Waals surface area contributed by atoms with Gasteiger partial charge in [0.25, 0.3) is 10.2 Å². The maximum Gasteiger partial charge on any atom is 0.280 e. The van der Waals surface area contributed by atoms with Crippen molar-refractivity contribution in [3.05, 3.63) is 46.2 Å². The molecule has 0 radical (unpaired) electrons. The van der Waals surface area contributed by atoms with Gasteiger partial charge in [-0.1, -0.05) is 11.6 Å². The number of carbonyl (C=O) groups excluding carboxylic acids is 1. The molecule has 3 rings (SSSR count). The van der Waals surface area contributed by atoms with E-state index in [9.17, 15) is 17.6 Å². The topological polar surface area (TPSA) is 91.4 Å². The molecule has 1 aliphatic rings. The second-order valence-corrected chi connectivity index (χ2v) is 8.51. The number of rotatable bonds is 3. The van der Waals surface area contributed by atoms with Crippen molar-refractivity contribution < 1.29 is 17.6 Å². The van der Waals surface area contributed by atoms with Crippen LogP contribution in [0.3, 0.4) is 0 Å². The van der Waals surface area contributed by atoms with Gasteiger partial charge in [-0.25, -0.2) is 8.76 Å². The van der Waals surface area contributed by atoms with Crippen LogP contribution in [-0.2, 0) is 15.0 Å². The van der Waals surface area contributed by atoms with Crippen LogP contribution in [0.25, 0.3) is 0 Å². The average molecular weight is 405 g/mol. The molecule has 1 amide bonds. The van der Waals surface area contributed by atoms with E-state index in [0.29, 0.717) is 0 Å². The second kappa shape index (κ2) is 6.96. The fraction of sp³-hybridized carbons (Fsp3) is 0.286. The van der Waals surface area contributed by atoms with Crippen molar-refractivity contribution in [1.29, 1.82) is 0 Å². The molecule has 134 valence electrons. The van der Waals surface area contributed by atoms with Gasteiger partial charge in [-0.15, -0.1) is 0 Å². The van der Waals surface area contributed by atoms with E-state index in [0.717, 1.165) is 15.2 Å². The average Bonchev–Trinajstić information content (AvgIpc) is 3.07. The highest BCUT2D eigenvalue weighted by Crippen LogP contribution is 2.30. The minimum Gasteiger partial charge on any atom is -0.325 e. The van der Waals surface area contributed by atoms with Gasteiger partial charge in [0, 0.05) is 23.8 Å². The molecule has 1 fully saturated rings. The fourth-order valence-electron chi connectivity index (χ4n) is 2.50. The van der Waals surface area contributed by atoms with E-state index in [-0.39, 0.29) is 17.1 Å². The predicted octanol–water partition coefficient (Wildman–Crippen LogP) is 2.15. The van der Waals surface area contributed by atoms with Crippen LogP contribution in [-0.4, -0.2) is 36.1 Å². The number of nitrogens with one attached hydrogen (secondary N) is 2. The molecule has 1 aromatic carbocycles. The third kappa shape index (κ3) is 3.82. The molecule has 2 aromatic rings. The molecule has 0 spiro atoms. The molecular formula is C14H14ClFN4O3S2. The SMILES string of the molecule is CN1[C@@H](C(=O)Nc2ccc(F)c(Cl)c2)C[C@@H](c2ccns2)NS1(=O)=O. The Morgan fingerprint density at radius 1 is 1.48 bits per heavy atom. The van der Waals surface area contributed by atoms with E-state index >= 15 is 0 Å². The van der Waals surface area contributed by atoms with Crippen LogP contribution in [0.4, 0.5) is 10.1 Å². The number of hydrogen-bond donors (Lipinski definition) is 2. The van der Waals surface area contributed by atoms with E-state index in [2.05, 4.69) is 14.4 Å². The van der Waals surface area contributed by atoms with Gasteiger partial charge in [0.15, 0.2) is 0 Å². The van der Waals surface area contributed by atoms with Crippen LogP contribution < -0.4 is 10.0 Å². The molecule has 1 saturated heterocycles. The molecule has 0 aliphatic carbocycles. The van der Waals surface area contributed by atoms with E-state index < -0.39 is 34.0 Å². The summed E-state index contributed by atoms with van der Waals surface area (Å²) in [5.74, 6) is -1.13. The van der Waals surface area contributed by atoms with Gasteiger partial charge in [0.2, 0.25) is 5.91 Å². The Balaban J connectivity index is 1.83. The van der Waals surface area contributed by atoms with Crippen LogP contribution in [0.1, 0.15) is 17.3 Å². The third-order valence-electron chi connectivity index (χ3n) is 3.86. The molecule has 0 unspecified atom stereocenters. The highest BCUT2D eigenvalue weighted by Gasteiger charge is 2.41. The minimum atomic E-state index is -3.82. The van der Waals surface area contributed by atoms with Gasteiger partial charge in [0.1, 0.15) is 11.9 Å². The summed E-state index contributed by atoms with van der Waals surface area (Å²) in [7, 11) is -2.50. The monoisotopic (exact) mass is 404 g/mol. The summed E-state index contributed by atoms with van der Waals surface area (Å²) in [5.41, 5.74) is 0.287. The summed E-state index contributed by atoms with van der Waals surface area (Å²) in [6, 6.07) is 3.99. The van der Waals surface area contributed by atoms with Crippen molar-refractivity contribution in [2.24, 2.45) is 0 Å². The zero-order valence-electron chi connectivity index (χ0n) is 12.9. The lowest BCUT2D eigenvalue weighted by Gasteiger charge is -2.35. The maximum atomic E-state index is 13.2. The number of benzene rings is 1. The molecule has 1 aliphatic heterocycles. The van der Waals surface area contributed by atoms with E-state index in [4.69, 9.17) is 11.6 Å². The minimum absolute atomic E-state index is 0.133. The van der Waals surface area contributed by atoms with Crippen molar-refractivity contribution in [3.63, 3.8) is 0 Å². The first-order chi connectivity index (χ1) is 11.8. The first-order valence-corrected chi connectivity index (χ1v) is 9.79. The van der Waals surface area contributed by atoms with Crippen molar-refractivity contribution in [1.82, 2.24) is 13.4 Å². The van der Waals surface area contributed by atoms with Gasteiger partial charge in [-0.3, -0.25) is 4.79 Å². The summed E-state index contributed by atoms with van der Waals surface area (Å²) in [4.78, 5) is 13.3. The summed E-state index contributed by atoms with van der Waals surface area (Å²) in [6.07, 6.45) is 1.81. The van der Waals surface area contributed by atoms with Gasteiger partial charge in [-0.2, -0.15) is 17.4 Å². The van der Waals surface area contributed by atoms with Crippen molar-refractivity contribution >= 4 is 44.9 Å². The number of amides is 1. The van der Waals surface area contributed by atoms with Crippen molar-refractivity contribution in [2.45, 2.75) is 18.5 Å². The number of nitrogens with zero attached hydrogens (tertiary/aromatic N) is 2. The Morgan fingerprint density at radius 3 is 2.88 bits per heavy atom. The molecule has 25 heavy (non-hydrogen) atoms. The van der Waals surface area contributed by atoms with Crippen LogP contribution >= 0.6 is 23.1 Å². The lowest BCUT2D eigenvalue weighted by Crippen LogP contribution is -2.55. The first kappa shape index (κ1) is 18.2. The number of halogens is 2. The predicted molar refractivity (Wildman–Crippen MR) is 93.1 cm³/mol. The molecule has 7 nitrogen and oxygen atoms in total. The van der Waals surface area contributed by atoms with Crippen molar-refractivity contribution in [2.75, 3.05) is 12.4 Å². The van der Waals surface area contributed by atoms with Crippen molar-refractivity contribution in [3.8, 4) is 0 Å². The molecule has 2 N–H and O–H groups in total. The Labute approximate surface area is 153 Å². The number of hydrogen-bond acceptors (Lipinski definition) is 5. The van der Waals surface area contributed by atoms with Gasteiger partial charge in [0.05, 0.1) is 11.1 Å². The smallest absolute Gasteiger partial charge is 0.280 e. The zero-order valence-corrected chi connectivity index (χ0v) is 15.3. The van der Waals surface area contributed by atoms with Crippen LogP contribution in [0.15, 0.2) is 30.5 Å². The lowest BCUT2D eigenvalue weighted by atomic mass is 10.1. The van der Waals surface area contributed by atoms with Gasteiger partial charge in [-0.05, 0) is 42.2 Å². The van der Waals surface area contributed by atoms with Crippen LogP contribution in [0, 0.1) is 5.82 Å². The highest BCUT2D eigenvalue weighted by molar-refractivity contribution is 7.87. The molecule has 2 atom stereocenters. The normalized spacial score (nSPS) is 23.3. The van der Waals surface area contributed by atoms with E-state index in [1.807, 2.05) is 0 Å². The highest BCUT2D eigenvalue weighted by atomic mass is 35.5. The molecule has 0 saturated carbocycles. The summed E-state index contributed by atoms with van der Waals surface area (Å²) in [6.45, 7) is 0. The number of carbonyl (C=O) groups is 1. The lowest BCUT2D eigenvalue weighted by molar-refractivity contribution is -0.120. The summed E-state index contributed by atoms with van der Waals surface area (Å²) >= 11 is 6.87. The Bertz CT molecular complexity index is 891. The molecule has 11 heteroatoms. The third-order valence-corrected chi connectivity index (χ3v) is 6.60. The van der Waals surface area contributed by atoms with E-state index in [1.165, 1.54) is 30.7 Å². The quantitative estimate of drug-likeness (QED) is 0.820. The Hall–Kier alpha value is -1.59. The first-order valence-electron chi connectivity index (χ1n) is 7.19. The maximum absolute atomic E-state index is 13.2. The molecule has 1 aromatic heterocycles. The fourth-order valence-corrected chi connectivity index (χ4v) is 4.67. The number of aromatic nitrogens is 1. The van der Waals surface area contributed by atoms with Crippen LogP contribution in [0.2, 0.25) is 5.02 Å². The van der Waals surface area contributed by atoms with Crippen LogP contribution in [0.5, 0.6) is 0 Å². The molecular weight excluding hydrogens is 391 g/mol. The standard InChI is InChI=1S/C14H14ClFN4O3S2/c1-20-12(14(21)18-8-2-3-10(16)9(15)6-8)7-11(19-25(20,22)23)13-4-5-17-24-13/h2-6,11-12,19H,7H2,1H3,(H,18,21)/t11-,12+/m0/s1. The largest absolute Gasteiger partial charge is 0.325 e. The summed E-state index contributed by atoms with van der Waals surface area (Å²) < 4.78 is 45.3. The Morgan fingerprint density at radius 2 is 2.24 bits per heavy atom. The second-order valence-electron chi connectivity index (χ2n) is 5.48. The zero-order chi connectivity index (χ0) is 18.2. The number of anilines is 1. The number of likely N-dealkylation sites (N-methyl/N-ethyl adjacent to an activating group) is 1. The van der Waals surface area contributed by atoms with Gasteiger partial charge >= 0.3 is 0 Å².